The van der Waals surface area contributed by atoms with E-state index >= 15 is 0 Å². The molecule has 0 aliphatic rings. The quantitative estimate of drug-likeness (QED) is 0.476. The first-order chi connectivity index (χ1) is 6.15. The van der Waals surface area contributed by atoms with Crippen molar-refractivity contribution in [3.63, 3.8) is 0 Å². The number of methoxy groups -OCH3 is 1. The van der Waals surface area contributed by atoms with Crippen LogP contribution in [0.1, 0.15) is 9.49 Å². The zero-order valence-corrected chi connectivity index (χ0v) is 9.12. The molecule has 0 amide bonds. The molecule has 0 saturated heterocycles. The van der Waals surface area contributed by atoms with Gasteiger partial charge in [0.25, 0.3) is 0 Å². The number of carbonyl (C=O) groups is 1. The topological polar surface area (TPSA) is 26.3 Å². The fourth-order valence-electron chi connectivity index (χ4n) is 0.904. The molecule has 13 heavy (non-hydrogen) atoms. The van der Waals surface area contributed by atoms with Crippen molar-refractivity contribution in [1.82, 2.24) is 0 Å². The maximum Gasteiger partial charge on any atom is 0.323 e. The monoisotopic (exact) mass is 294 g/mol. The van der Waals surface area contributed by atoms with Crippen LogP contribution in [-0.4, -0.2) is 13.1 Å². The second-order valence-electron chi connectivity index (χ2n) is 2.44. The minimum atomic E-state index is -0.446. The first-order valence-corrected chi connectivity index (χ1v) is 4.87. The molecule has 2 nitrogen and oxygen atoms in total. The highest BCUT2D eigenvalue weighted by atomic mass is 127. The lowest BCUT2D eigenvalue weighted by molar-refractivity contribution is -0.139. The van der Waals surface area contributed by atoms with E-state index < -0.39 is 3.92 Å². The second kappa shape index (κ2) is 4.55. The number of halogens is 2. The summed E-state index contributed by atoms with van der Waals surface area (Å²) in [5.41, 5.74) is 0.618. The zero-order valence-electron chi connectivity index (χ0n) is 6.96. The summed E-state index contributed by atoms with van der Waals surface area (Å²) in [7, 11) is 1.31. The summed E-state index contributed by atoms with van der Waals surface area (Å²) in [6.45, 7) is 0. The number of rotatable bonds is 2. The lowest BCUT2D eigenvalue weighted by Crippen LogP contribution is -2.08. The van der Waals surface area contributed by atoms with Gasteiger partial charge in [-0.3, -0.25) is 4.79 Å². The van der Waals surface area contributed by atoms with Crippen LogP contribution in [0.2, 0.25) is 0 Å². The van der Waals surface area contributed by atoms with Gasteiger partial charge in [-0.15, -0.1) is 0 Å². The molecule has 0 fully saturated rings. The van der Waals surface area contributed by atoms with Crippen LogP contribution in [0.15, 0.2) is 24.3 Å². The van der Waals surface area contributed by atoms with Gasteiger partial charge in [0, 0.05) is 0 Å². The van der Waals surface area contributed by atoms with Gasteiger partial charge in [0.05, 0.1) is 7.11 Å². The van der Waals surface area contributed by atoms with Gasteiger partial charge < -0.3 is 4.74 Å². The molecule has 0 radical (unpaired) electrons. The van der Waals surface area contributed by atoms with Gasteiger partial charge in [0.2, 0.25) is 0 Å². The number of alkyl halides is 1. The van der Waals surface area contributed by atoms with Gasteiger partial charge >= 0.3 is 5.97 Å². The molecular weight excluding hydrogens is 286 g/mol. The Bertz CT molecular complexity index is 314. The first-order valence-electron chi connectivity index (χ1n) is 3.62. The van der Waals surface area contributed by atoms with Crippen molar-refractivity contribution in [2.24, 2.45) is 0 Å². The van der Waals surface area contributed by atoms with Gasteiger partial charge in [0.1, 0.15) is 9.74 Å². The van der Waals surface area contributed by atoms with E-state index in [9.17, 15) is 9.18 Å². The zero-order chi connectivity index (χ0) is 9.84. The second-order valence-corrected chi connectivity index (χ2v) is 3.69. The SMILES string of the molecule is COC(=O)C(I)c1cccc(F)c1. The third kappa shape index (κ3) is 2.65. The first kappa shape index (κ1) is 10.4. The average Bonchev–Trinajstić information content (AvgIpc) is 2.15. The molecule has 1 atom stereocenters. The highest BCUT2D eigenvalue weighted by molar-refractivity contribution is 14.1. The van der Waals surface area contributed by atoms with E-state index in [1.54, 1.807) is 12.1 Å². The van der Waals surface area contributed by atoms with Crippen molar-refractivity contribution in [2.45, 2.75) is 3.92 Å². The Labute approximate surface area is 89.2 Å². The number of hydrogen-bond donors (Lipinski definition) is 0. The number of ether oxygens (including phenoxy) is 1. The molecule has 0 aliphatic heterocycles. The number of esters is 1. The number of benzene rings is 1. The van der Waals surface area contributed by atoms with Crippen LogP contribution < -0.4 is 0 Å². The summed E-state index contributed by atoms with van der Waals surface area (Å²) in [4.78, 5) is 11.1. The van der Waals surface area contributed by atoms with Crippen molar-refractivity contribution in [2.75, 3.05) is 7.11 Å². The minimum Gasteiger partial charge on any atom is -0.468 e. The van der Waals surface area contributed by atoms with Crippen molar-refractivity contribution < 1.29 is 13.9 Å². The molecule has 70 valence electrons. The van der Waals surface area contributed by atoms with Crippen LogP contribution in [0.4, 0.5) is 4.39 Å². The van der Waals surface area contributed by atoms with Crippen molar-refractivity contribution in [3.05, 3.63) is 35.6 Å². The van der Waals surface area contributed by atoms with Crippen LogP contribution in [0.25, 0.3) is 0 Å². The minimum absolute atomic E-state index is 0.344. The van der Waals surface area contributed by atoms with Crippen molar-refractivity contribution in [3.8, 4) is 0 Å². The molecule has 0 N–H and O–H groups in total. The van der Waals surface area contributed by atoms with Crippen molar-refractivity contribution in [1.29, 1.82) is 0 Å². The highest BCUT2D eigenvalue weighted by Gasteiger charge is 2.17. The molecule has 1 aromatic rings. The fourth-order valence-corrected chi connectivity index (χ4v) is 1.55. The summed E-state index contributed by atoms with van der Waals surface area (Å²) in [6, 6.07) is 5.93. The molecule has 1 aromatic carbocycles. The molecule has 0 aliphatic carbocycles. The van der Waals surface area contributed by atoms with E-state index in [1.807, 2.05) is 22.6 Å². The Morgan fingerprint density at radius 3 is 2.85 bits per heavy atom. The Morgan fingerprint density at radius 2 is 2.31 bits per heavy atom. The summed E-state index contributed by atoms with van der Waals surface area (Å²) in [5.74, 6) is -0.714. The van der Waals surface area contributed by atoms with Gasteiger partial charge in [0.15, 0.2) is 0 Å². The molecule has 0 aromatic heterocycles. The predicted octanol–water partition coefficient (Wildman–Crippen LogP) is 2.47. The molecule has 4 heteroatoms. The molecule has 0 spiro atoms. The van der Waals surface area contributed by atoms with Crippen LogP contribution in [0.5, 0.6) is 0 Å². The summed E-state index contributed by atoms with van der Waals surface area (Å²) in [6.07, 6.45) is 0. The van der Waals surface area contributed by atoms with Gasteiger partial charge in [-0.05, 0) is 17.7 Å². The maximum absolute atomic E-state index is 12.7. The van der Waals surface area contributed by atoms with Crippen LogP contribution >= 0.6 is 22.6 Å². The lowest BCUT2D eigenvalue weighted by Gasteiger charge is -2.07. The number of carbonyl (C=O) groups excluding carboxylic acids is 1. The lowest BCUT2D eigenvalue weighted by atomic mass is 10.1. The highest BCUT2D eigenvalue weighted by Crippen LogP contribution is 2.24. The average molecular weight is 294 g/mol. The van der Waals surface area contributed by atoms with Gasteiger partial charge in [-0.2, -0.15) is 0 Å². The number of hydrogen-bond acceptors (Lipinski definition) is 2. The third-order valence-electron chi connectivity index (χ3n) is 1.55. The third-order valence-corrected chi connectivity index (χ3v) is 2.78. The molecule has 0 heterocycles. The fraction of sp³-hybridized carbons (Fsp3) is 0.222. The Hall–Kier alpha value is -0.650. The standard InChI is InChI=1S/C9H8FIO2/c1-13-9(12)8(11)6-3-2-4-7(10)5-6/h2-5,8H,1H3. The van der Waals surface area contributed by atoms with E-state index in [2.05, 4.69) is 4.74 Å². The van der Waals surface area contributed by atoms with E-state index in [0.29, 0.717) is 5.56 Å². The Kier molecular flexibility index (Phi) is 3.65. The maximum atomic E-state index is 12.7. The van der Waals surface area contributed by atoms with Crippen LogP contribution in [0.3, 0.4) is 0 Å². The Morgan fingerprint density at radius 1 is 1.62 bits per heavy atom. The van der Waals surface area contributed by atoms with E-state index in [4.69, 9.17) is 0 Å². The molecule has 0 saturated carbocycles. The largest absolute Gasteiger partial charge is 0.468 e. The van der Waals surface area contributed by atoms with E-state index in [1.165, 1.54) is 19.2 Å². The smallest absolute Gasteiger partial charge is 0.323 e. The van der Waals surface area contributed by atoms with E-state index in [0.717, 1.165) is 0 Å². The summed E-state index contributed by atoms with van der Waals surface area (Å²) >= 11 is 1.91. The van der Waals surface area contributed by atoms with Gasteiger partial charge in [-0.1, -0.05) is 34.7 Å². The summed E-state index contributed by atoms with van der Waals surface area (Å²) in [5, 5.41) is 0. The van der Waals surface area contributed by atoms with Crippen LogP contribution in [0, 0.1) is 5.82 Å². The molecule has 1 rings (SSSR count). The molecular formula is C9H8FIO2. The van der Waals surface area contributed by atoms with E-state index in [-0.39, 0.29) is 11.8 Å². The van der Waals surface area contributed by atoms with Gasteiger partial charge in [-0.25, -0.2) is 4.39 Å². The normalized spacial score (nSPS) is 12.2. The van der Waals surface area contributed by atoms with Crippen molar-refractivity contribution >= 4 is 28.6 Å². The molecule has 0 bridgehead atoms. The predicted molar refractivity (Wildman–Crippen MR) is 55.2 cm³/mol. The Balaban J connectivity index is 2.88. The summed E-state index contributed by atoms with van der Waals surface area (Å²) < 4.78 is 16.8. The molecule has 1 unspecified atom stereocenters. The van der Waals surface area contributed by atoms with Crippen LogP contribution in [-0.2, 0) is 9.53 Å².